The lowest BCUT2D eigenvalue weighted by Gasteiger charge is -2.26. The first-order valence-corrected chi connectivity index (χ1v) is 9.24. The smallest absolute Gasteiger partial charge is 0.383 e. The average molecular weight is 387 g/mol. The van der Waals surface area contributed by atoms with Gasteiger partial charge in [-0.1, -0.05) is 30.3 Å². The second-order valence-electron chi connectivity index (χ2n) is 6.02. The Kier molecular flexibility index (Phi) is 5.94. The van der Waals surface area contributed by atoms with Gasteiger partial charge in [-0.15, -0.1) is 0 Å². The van der Waals surface area contributed by atoms with Crippen molar-refractivity contribution in [3.05, 3.63) is 59.7 Å². The van der Waals surface area contributed by atoms with Gasteiger partial charge in [0.05, 0.1) is 16.5 Å². The summed E-state index contributed by atoms with van der Waals surface area (Å²) >= 11 is 0. The minimum atomic E-state index is -4.72. The fourth-order valence-electron chi connectivity index (χ4n) is 2.57. The third-order valence-corrected chi connectivity index (χ3v) is 4.83. The Morgan fingerprint density at radius 2 is 1.73 bits per heavy atom. The van der Waals surface area contributed by atoms with Crippen LogP contribution < -0.4 is 10.5 Å². The number of nitrogens with zero attached hydrogens (tertiary/aromatic N) is 1. The highest BCUT2D eigenvalue weighted by Crippen LogP contribution is 2.36. The number of hydrogen-bond donors (Lipinski definition) is 2. The number of sulfonamides is 1. The van der Waals surface area contributed by atoms with Crippen molar-refractivity contribution >= 4 is 15.7 Å². The molecule has 0 bridgehead atoms. The number of halogens is 3. The standard InChI is InChI=1S/C17H20F3N3O2S/c1-23(2)16(12-6-4-3-5-7-12)11-22-15-9-8-13(26(21,24)25)10-14(15)17(18,19)20/h3-10,16,22H,11H2,1-2H3,(H2,21,24,25). The largest absolute Gasteiger partial charge is 0.418 e. The molecule has 26 heavy (non-hydrogen) atoms. The van der Waals surface area contributed by atoms with Crippen LogP contribution in [0.2, 0.25) is 0 Å². The first-order valence-electron chi connectivity index (χ1n) is 7.69. The van der Waals surface area contributed by atoms with Gasteiger partial charge in [-0.05, 0) is 37.9 Å². The second kappa shape index (κ2) is 7.65. The summed E-state index contributed by atoms with van der Waals surface area (Å²) in [6.07, 6.45) is -4.72. The Morgan fingerprint density at radius 3 is 2.23 bits per heavy atom. The lowest BCUT2D eigenvalue weighted by atomic mass is 10.1. The van der Waals surface area contributed by atoms with Gasteiger partial charge in [-0.25, -0.2) is 13.6 Å². The predicted molar refractivity (Wildman–Crippen MR) is 94.2 cm³/mol. The van der Waals surface area contributed by atoms with Crippen molar-refractivity contribution in [2.24, 2.45) is 5.14 Å². The molecule has 0 amide bonds. The van der Waals surface area contributed by atoms with E-state index in [2.05, 4.69) is 5.32 Å². The summed E-state index contributed by atoms with van der Waals surface area (Å²) in [7, 11) is -0.571. The van der Waals surface area contributed by atoms with E-state index in [1.165, 1.54) is 0 Å². The number of primary sulfonamides is 1. The van der Waals surface area contributed by atoms with Crippen LogP contribution in [0.25, 0.3) is 0 Å². The van der Waals surface area contributed by atoms with Crippen molar-refractivity contribution in [2.75, 3.05) is 26.0 Å². The summed E-state index contributed by atoms with van der Waals surface area (Å²) in [5.41, 5.74) is -0.331. The van der Waals surface area contributed by atoms with Crippen molar-refractivity contribution in [1.29, 1.82) is 0 Å². The fraction of sp³-hybridized carbons (Fsp3) is 0.294. The van der Waals surface area contributed by atoms with E-state index in [9.17, 15) is 21.6 Å². The number of alkyl halides is 3. The number of hydrogen-bond acceptors (Lipinski definition) is 4. The van der Waals surface area contributed by atoms with Gasteiger partial charge >= 0.3 is 6.18 Å². The van der Waals surface area contributed by atoms with Crippen molar-refractivity contribution in [3.63, 3.8) is 0 Å². The Morgan fingerprint density at radius 1 is 1.12 bits per heavy atom. The molecule has 0 aliphatic carbocycles. The number of nitrogens with one attached hydrogen (secondary N) is 1. The molecule has 0 saturated carbocycles. The van der Waals surface area contributed by atoms with E-state index >= 15 is 0 Å². The van der Waals surface area contributed by atoms with E-state index < -0.39 is 26.7 Å². The Labute approximate surface area is 150 Å². The van der Waals surface area contributed by atoms with Crippen LogP contribution in [-0.2, 0) is 16.2 Å². The van der Waals surface area contributed by atoms with Crippen LogP contribution >= 0.6 is 0 Å². The number of anilines is 1. The van der Waals surface area contributed by atoms with Crippen LogP contribution in [0.4, 0.5) is 18.9 Å². The van der Waals surface area contributed by atoms with Crippen molar-refractivity contribution in [1.82, 2.24) is 4.90 Å². The number of rotatable bonds is 6. The lowest BCUT2D eigenvalue weighted by molar-refractivity contribution is -0.137. The van der Waals surface area contributed by atoms with Gasteiger partial charge in [-0.3, -0.25) is 0 Å². The highest BCUT2D eigenvalue weighted by atomic mass is 32.2. The molecule has 2 rings (SSSR count). The molecular weight excluding hydrogens is 367 g/mol. The SMILES string of the molecule is CN(C)C(CNc1ccc(S(N)(=O)=O)cc1C(F)(F)F)c1ccccc1. The third kappa shape index (κ3) is 4.96. The zero-order chi connectivity index (χ0) is 19.5. The van der Waals surface area contributed by atoms with Crippen LogP contribution in [0, 0.1) is 0 Å². The maximum absolute atomic E-state index is 13.3. The molecule has 1 atom stereocenters. The van der Waals surface area contributed by atoms with E-state index in [0.29, 0.717) is 6.07 Å². The summed E-state index contributed by atoms with van der Waals surface area (Å²) in [4.78, 5) is 1.30. The highest BCUT2D eigenvalue weighted by molar-refractivity contribution is 7.89. The summed E-state index contributed by atoms with van der Waals surface area (Å²) in [6, 6.07) is 11.9. The van der Waals surface area contributed by atoms with Gasteiger partial charge in [-0.2, -0.15) is 13.2 Å². The number of likely N-dealkylation sites (N-methyl/N-ethyl adjacent to an activating group) is 1. The molecule has 9 heteroatoms. The molecule has 0 radical (unpaired) electrons. The molecule has 0 heterocycles. The molecule has 0 aliphatic heterocycles. The third-order valence-electron chi connectivity index (χ3n) is 3.92. The zero-order valence-corrected chi connectivity index (χ0v) is 15.1. The van der Waals surface area contributed by atoms with E-state index in [1.807, 2.05) is 49.3 Å². The number of nitrogens with two attached hydrogens (primary N) is 1. The highest BCUT2D eigenvalue weighted by Gasteiger charge is 2.35. The molecule has 2 aromatic rings. The van der Waals surface area contributed by atoms with Crippen LogP contribution in [-0.4, -0.2) is 34.0 Å². The van der Waals surface area contributed by atoms with Gasteiger partial charge in [0.25, 0.3) is 0 Å². The molecule has 3 N–H and O–H groups in total. The molecule has 0 aromatic heterocycles. The van der Waals surface area contributed by atoms with Gasteiger partial charge in [0.2, 0.25) is 10.0 Å². The minimum Gasteiger partial charge on any atom is -0.383 e. The van der Waals surface area contributed by atoms with Gasteiger partial charge < -0.3 is 10.2 Å². The van der Waals surface area contributed by atoms with Gasteiger partial charge in [0.15, 0.2) is 0 Å². The van der Waals surface area contributed by atoms with Crippen LogP contribution in [0.1, 0.15) is 17.2 Å². The Bertz CT molecular complexity index is 853. The second-order valence-corrected chi connectivity index (χ2v) is 7.58. The minimum absolute atomic E-state index is 0.171. The topological polar surface area (TPSA) is 75.4 Å². The van der Waals surface area contributed by atoms with Gasteiger partial charge in [0, 0.05) is 12.2 Å². The monoisotopic (exact) mass is 387 g/mol. The molecule has 0 aliphatic rings. The van der Waals surface area contributed by atoms with E-state index in [4.69, 9.17) is 5.14 Å². The lowest BCUT2D eigenvalue weighted by Crippen LogP contribution is -2.27. The van der Waals surface area contributed by atoms with E-state index in [-0.39, 0.29) is 18.3 Å². The summed E-state index contributed by atoms with van der Waals surface area (Å²) in [6.45, 7) is 0.203. The Hall–Kier alpha value is -2.10. The first-order chi connectivity index (χ1) is 12.0. The summed E-state index contributed by atoms with van der Waals surface area (Å²) in [5, 5.41) is 7.72. The molecule has 5 nitrogen and oxygen atoms in total. The average Bonchev–Trinajstić information content (AvgIpc) is 2.54. The van der Waals surface area contributed by atoms with E-state index in [0.717, 1.165) is 17.7 Å². The maximum atomic E-state index is 13.3. The Balaban J connectivity index is 2.33. The van der Waals surface area contributed by atoms with Gasteiger partial charge in [0.1, 0.15) is 0 Å². The fourth-order valence-corrected chi connectivity index (χ4v) is 3.11. The molecule has 2 aromatic carbocycles. The first kappa shape index (κ1) is 20.2. The summed E-state index contributed by atoms with van der Waals surface area (Å²) in [5.74, 6) is 0. The molecule has 1 unspecified atom stereocenters. The van der Waals surface area contributed by atoms with E-state index in [1.54, 1.807) is 0 Å². The van der Waals surface area contributed by atoms with Crippen LogP contribution in [0.15, 0.2) is 53.4 Å². The predicted octanol–water partition coefficient (Wildman–Crippen LogP) is 3.07. The van der Waals surface area contributed by atoms with Crippen molar-refractivity contribution in [2.45, 2.75) is 17.1 Å². The van der Waals surface area contributed by atoms with Crippen molar-refractivity contribution < 1.29 is 21.6 Å². The molecule has 142 valence electrons. The maximum Gasteiger partial charge on any atom is 0.418 e. The van der Waals surface area contributed by atoms with Crippen LogP contribution in [0.5, 0.6) is 0 Å². The van der Waals surface area contributed by atoms with Crippen molar-refractivity contribution in [3.8, 4) is 0 Å². The quantitative estimate of drug-likeness (QED) is 0.799. The number of benzene rings is 2. The molecule has 0 fully saturated rings. The molecule has 0 saturated heterocycles. The van der Waals surface area contributed by atoms with Crippen LogP contribution in [0.3, 0.4) is 0 Å². The molecular formula is C17H20F3N3O2S. The summed E-state index contributed by atoms with van der Waals surface area (Å²) < 4.78 is 62.7. The normalized spacial score (nSPS) is 13.7. The molecule has 0 spiro atoms. The zero-order valence-electron chi connectivity index (χ0n) is 14.3.